The van der Waals surface area contributed by atoms with Gasteiger partial charge < -0.3 is 20.1 Å². The molecule has 1 heterocycles. The van der Waals surface area contributed by atoms with Crippen LogP contribution in [0.3, 0.4) is 0 Å². The number of hydrogen-bond donors (Lipinski definition) is 2. The molecule has 33 heavy (non-hydrogen) atoms. The lowest BCUT2D eigenvalue weighted by atomic mass is 10.2. The zero-order valence-corrected chi connectivity index (χ0v) is 18.4. The van der Waals surface area contributed by atoms with Gasteiger partial charge in [-0.2, -0.15) is 0 Å². The van der Waals surface area contributed by atoms with Crippen molar-refractivity contribution in [2.45, 2.75) is 19.5 Å². The highest BCUT2D eigenvalue weighted by atomic mass is 35.5. The summed E-state index contributed by atoms with van der Waals surface area (Å²) in [5.41, 5.74) is 1.12. The van der Waals surface area contributed by atoms with Gasteiger partial charge in [0.1, 0.15) is 22.2 Å². The van der Waals surface area contributed by atoms with Gasteiger partial charge >= 0.3 is 6.36 Å². The van der Waals surface area contributed by atoms with Crippen molar-refractivity contribution in [1.82, 2.24) is 15.6 Å². The highest BCUT2D eigenvalue weighted by Gasteiger charge is 2.31. The Bertz CT molecular complexity index is 1090. The van der Waals surface area contributed by atoms with E-state index in [1.54, 1.807) is 29.6 Å². The number of alkyl halides is 3. The number of rotatable bonds is 9. The zero-order valence-electron chi connectivity index (χ0n) is 16.8. The molecule has 174 valence electrons. The molecule has 2 amide bonds. The number of ether oxygens (including phenoxy) is 2. The average molecular weight is 500 g/mol. The summed E-state index contributed by atoms with van der Waals surface area (Å²) in [6.07, 6.45) is -4.78. The summed E-state index contributed by atoms with van der Waals surface area (Å²) in [5.74, 6) is -1.00. The minimum Gasteiger partial charge on any atom is -0.484 e. The first-order valence-corrected chi connectivity index (χ1v) is 10.7. The first-order chi connectivity index (χ1) is 15.7. The zero-order chi connectivity index (χ0) is 23.8. The summed E-state index contributed by atoms with van der Waals surface area (Å²) in [5, 5.41) is 8.06. The Labute approximate surface area is 195 Å². The van der Waals surface area contributed by atoms with Crippen LogP contribution in [0.25, 0.3) is 0 Å². The predicted molar refractivity (Wildman–Crippen MR) is 115 cm³/mol. The number of hydrogen-bond acceptors (Lipinski definition) is 6. The summed E-state index contributed by atoms with van der Waals surface area (Å²) in [4.78, 5) is 28.4. The van der Waals surface area contributed by atoms with Crippen molar-refractivity contribution in [3.63, 3.8) is 0 Å². The third-order valence-electron chi connectivity index (χ3n) is 4.01. The molecule has 0 bridgehead atoms. The quantitative estimate of drug-likeness (QED) is 0.458. The number of amides is 2. The highest BCUT2D eigenvalue weighted by Crippen LogP contribution is 2.24. The van der Waals surface area contributed by atoms with Crippen LogP contribution in [-0.4, -0.2) is 29.8 Å². The van der Waals surface area contributed by atoms with E-state index in [2.05, 4.69) is 20.4 Å². The number of aromatic nitrogens is 1. The fourth-order valence-electron chi connectivity index (χ4n) is 2.48. The highest BCUT2D eigenvalue weighted by molar-refractivity contribution is 7.09. The van der Waals surface area contributed by atoms with E-state index in [1.165, 1.54) is 23.5 Å². The van der Waals surface area contributed by atoms with Gasteiger partial charge in [-0.25, -0.2) is 4.98 Å². The van der Waals surface area contributed by atoms with E-state index in [4.69, 9.17) is 16.3 Å². The maximum atomic E-state index is 12.2. The third-order valence-corrected chi connectivity index (χ3v) is 5.12. The van der Waals surface area contributed by atoms with E-state index in [-0.39, 0.29) is 30.5 Å². The van der Waals surface area contributed by atoms with Gasteiger partial charge in [-0.05, 0) is 42.0 Å². The first-order valence-electron chi connectivity index (χ1n) is 9.40. The number of nitrogens with zero attached hydrogens (tertiary/aromatic N) is 1. The largest absolute Gasteiger partial charge is 0.573 e. The summed E-state index contributed by atoms with van der Waals surface area (Å²) >= 11 is 7.04. The number of benzene rings is 2. The van der Waals surface area contributed by atoms with Gasteiger partial charge in [-0.15, -0.1) is 24.5 Å². The lowest BCUT2D eigenvalue weighted by Crippen LogP contribution is -2.28. The molecule has 0 spiro atoms. The van der Waals surface area contributed by atoms with Gasteiger partial charge in [0.25, 0.3) is 11.8 Å². The van der Waals surface area contributed by atoms with Crippen LogP contribution in [-0.2, 0) is 17.9 Å². The molecule has 0 aliphatic heterocycles. The molecular formula is C21H17ClF3N3O4S. The van der Waals surface area contributed by atoms with Crippen molar-refractivity contribution in [3.8, 4) is 11.5 Å². The van der Waals surface area contributed by atoms with Crippen LogP contribution in [0.2, 0.25) is 5.02 Å². The van der Waals surface area contributed by atoms with Crippen LogP contribution in [0.4, 0.5) is 13.2 Å². The van der Waals surface area contributed by atoms with Gasteiger partial charge in [-0.1, -0.05) is 23.7 Å². The SMILES string of the molecule is O=C(COc1ccc(OC(F)(F)F)cc1)NCc1nc(C(=O)NCc2ccc(Cl)cc2)cs1. The predicted octanol–water partition coefficient (Wildman–Crippen LogP) is 4.32. The topological polar surface area (TPSA) is 89.6 Å². The first kappa shape index (κ1) is 24.3. The second-order valence-corrected chi connectivity index (χ2v) is 7.90. The molecule has 1 aromatic heterocycles. The normalized spacial score (nSPS) is 11.0. The minimum atomic E-state index is -4.78. The number of halogens is 4. The van der Waals surface area contributed by atoms with Gasteiger partial charge in [-0.3, -0.25) is 9.59 Å². The minimum absolute atomic E-state index is 0.0929. The smallest absolute Gasteiger partial charge is 0.484 e. The molecule has 3 aromatic rings. The Morgan fingerprint density at radius 1 is 0.970 bits per heavy atom. The Morgan fingerprint density at radius 2 is 1.64 bits per heavy atom. The van der Waals surface area contributed by atoms with Gasteiger partial charge in [0.2, 0.25) is 0 Å². The lowest BCUT2D eigenvalue weighted by Gasteiger charge is -2.10. The second-order valence-electron chi connectivity index (χ2n) is 6.52. The van der Waals surface area contributed by atoms with Gasteiger partial charge in [0, 0.05) is 16.9 Å². The summed E-state index contributed by atoms with van der Waals surface area (Å²) in [7, 11) is 0. The van der Waals surface area contributed by atoms with E-state index in [1.807, 2.05) is 0 Å². The van der Waals surface area contributed by atoms with Gasteiger partial charge in [0.05, 0.1) is 6.54 Å². The number of thiazole rings is 1. The molecule has 0 saturated carbocycles. The fourth-order valence-corrected chi connectivity index (χ4v) is 3.32. The third kappa shape index (κ3) is 8.28. The van der Waals surface area contributed by atoms with Crippen LogP contribution in [0.1, 0.15) is 21.1 Å². The second kappa shape index (κ2) is 11.0. The molecule has 0 atom stereocenters. The number of carbonyl (C=O) groups is 2. The molecule has 2 aromatic carbocycles. The molecule has 0 radical (unpaired) electrons. The van der Waals surface area contributed by atoms with Crippen molar-refractivity contribution < 1.29 is 32.2 Å². The molecule has 0 aliphatic rings. The molecular weight excluding hydrogens is 483 g/mol. The standard InChI is InChI=1S/C21H17ClF3N3O4S/c22-14-3-1-13(2-4-14)9-27-20(30)17-12-33-19(28-17)10-26-18(29)11-31-15-5-7-16(8-6-15)32-21(23,24)25/h1-8,12H,9-11H2,(H,26,29)(H,27,30). The maximum absolute atomic E-state index is 12.2. The molecule has 7 nitrogen and oxygen atoms in total. The van der Waals surface area contributed by atoms with E-state index in [9.17, 15) is 22.8 Å². The van der Waals surface area contributed by atoms with Crippen molar-refractivity contribution in [2.24, 2.45) is 0 Å². The number of carbonyl (C=O) groups excluding carboxylic acids is 2. The van der Waals surface area contributed by atoms with Crippen LogP contribution >= 0.6 is 22.9 Å². The molecule has 0 unspecified atom stereocenters. The summed E-state index contributed by atoms with van der Waals surface area (Å²) < 4.78 is 45.4. The van der Waals surface area contributed by atoms with Crippen LogP contribution < -0.4 is 20.1 Å². The fraction of sp³-hybridized carbons (Fsp3) is 0.190. The van der Waals surface area contributed by atoms with Crippen LogP contribution in [0.5, 0.6) is 11.5 Å². The van der Waals surface area contributed by atoms with E-state index < -0.39 is 18.0 Å². The van der Waals surface area contributed by atoms with E-state index >= 15 is 0 Å². The van der Waals surface area contributed by atoms with Gasteiger partial charge in [0.15, 0.2) is 6.61 Å². The van der Waals surface area contributed by atoms with E-state index in [0.717, 1.165) is 17.7 Å². The van der Waals surface area contributed by atoms with Crippen molar-refractivity contribution in [2.75, 3.05) is 6.61 Å². The van der Waals surface area contributed by atoms with Crippen LogP contribution in [0.15, 0.2) is 53.9 Å². The van der Waals surface area contributed by atoms with Crippen molar-refractivity contribution >= 4 is 34.8 Å². The molecule has 12 heteroatoms. The van der Waals surface area contributed by atoms with Crippen molar-refractivity contribution in [1.29, 1.82) is 0 Å². The summed E-state index contributed by atoms with van der Waals surface area (Å²) in [6, 6.07) is 11.7. The van der Waals surface area contributed by atoms with Crippen molar-refractivity contribution in [3.05, 3.63) is 75.2 Å². The summed E-state index contributed by atoms with van der Waals surface area (Å²) in [6.45, 7) is 0.0647. The molecule has 0 saturated heterocycles. The molecule has 3 rings (SSSR count). The monoisotopic (exact) mass is 499 g/mol. The Balaban J connectivity index is 1.40. The van der Waals surface area contributed by atoms with E-state index in [0.29, 0.717) is 16.6 Å². The molecule has 0 fully saturated rings. The average Bonchev–Trinajstić information content (AvgIpc) is 3.25. The van der Waals surface area contributed by atoms with Crippen LogP contribution in [0, 0.1) is 0 Å². The number of nitrogens with one attached hydrogen (secondary N) is 2. The Kier molecular flexibility index (Phi) is 8.12. The molecule has 0 aliphatic carbocycles. The Morgan fingerprint density at radius 3 is 2.30 bits per heavy atom. The maximum Gasteiger partial charge on any atom is 0.573 e. The Hall–Kier alpha value is -3.31. The lowest BCUT2D eigenvalue weighted by molar-refractivity contribution is -0.274. The molecule has 2 N–H and O–H groups in total.